The third-order valence-corrected chi connectivity index (χ3v) is 2.66. The van der Waals surface area contributed by atoms with Gasteiger partial charge in [0.05, 0.1) is 10.5 Å². The molecule has 2 N–H and O–H groups in total. The van der Waals surface area contributed by atoms with Crippen LogP contribution in [0.1, 0.15) is 6.92 Å². The zero-order valence-electron chi connectivity index (χ0n) is 8.47. The molecule has 0 aliphatic heterocycles. The highest BCUT2D eigenvalue weighted by Crippen LogP contribution is 2.19. The summed E-state index contributed by atoms with van der Waals surface area (Å²) in [7, 11) is 1.69. The lowest BCUT2D eigenvalue weighted by Gasteiger charge is -2.11. The normalized spacial score (nSPS) is 12.3. The quantitative estimate of drug-likeness (QED) is 0.887. The van der Waals surface area contributed by atoms with Crippen LogP contribution in [0.2, 0.25) is 0 Å². The molecule has 0 spiro atoms. The van der Waals surface area contributed by atoms with E-state index in [2.05, 4.69) is 26.6 Å². The lowest BCUT2D eigenvalue weighted by atomic mass is 10.2. The van der Waals surface area contributed by atoms with Gasteiger partial charge >= 0.3 is 0 Å². The standard InChI is InChI=1S/C10H12BrFN2O/c1-6(13-2)10(15)14-7-3-4-8(11)9(12)5-7/h3-6,13H,1-2H3,(H,14,15). The van der Waals surface area contributed by atoms with E-state index in [0.717, 1.165) is 0 Å². The van der Waals surface area contributed by atoms with Gasteiger partial charge in [-0.25, -0.2) is 4.39 Å². The van der Waals surface area contributed by atoms with Gasteiger partial charge in [0.25, 0.3) is 0 Å². The van der Waals surface area contributed by atoms with Gasteiger partial charge in [-0.1, -0.05) is 0 Å². The SMILES string of the molecule is CNC(C)C(=O)Nc1ccc(Br)c(F)c1. The van der Waals surface area contributed by atoms with Crippen molar-refractivity contribution in [3.63, 3.8) is 0 Å². The summed E-state index contributed by atoms with van der Waals surface area (Å²) in [5.74, 6) is -0.593. The van der Waals surface area contributed by atoms with Crippen LogP contribution in [0.4, 0.5) is 10.1 Å². The van der Waals surface area contributed by atoms with Gasteiger partial charge < -0.3 is 10.6 Å². The zero-order valence-corrected chi connectivity index (χ0v) is 10.1. The number of likely N-dealkylation sites (N-methyl/N-ethyl adjacent to an activating group) is 1. The van der Waals surface area contributed by atoms with Crippen LogP contribution in [-0.2, 0) is 4.79 Å². The predicted octanol–water partition coefficient (Wildman–Crippen LogP) is 2.13. The fourth-order valence-electron chi connectivity index (χ4n) is 0.955. The van der Waals surface area contributed by atoms with Crippen LogP contribution >= 0.6 is 15.9 Å². The van der Waals surface area contributed by atoms with Gasteiger partial charge in [-0.05, 0) is 48.1 Å². The van der Waals surface area contributed by atoms with E-state index in [1.54, 1.807) is 26.1 Å². The number of anilines is 1. The minimum Gasteiger partial charge on any atom is -0.325 e. The minimum atomic E-state index is -0.398. The van der Waals surface area contributed by atoms with Crippen LogP contribution in [-0.4, -0.2) is 19.0 Å². The number of amides is 1. The van der Waals surface area contributed by atoms with Gasteiger partial charge in [0.15, 0.2) is 0 Å². The summed E-state index contributed by atoms with van der Waals surface area (Å²) in [6, 6.07) is 4.14. The van der Waals surface area contributed by atoms with Crippen LogP contribution in [0.25, 0.3) is 0 Å². The van der Waals surface area contributed by atoms with Crippen molar-refractivity contribution in [1.82, 2.24) is 5.32 Å². The number of rotatable bonds is 3. The molecular formula is C10H12BrFN2O. The number of nitrogens with one attached hydrogen (secondary N) is 2. The van der Waals surface area contributed by atoms with Crippen LogP contribution < -0.4 is 10.6 Å². The average Bonchev–Trinajstić information content (AvgIpc) is 2.22. The summed E-state index contributed by atoms with van der Waals surface area (Å²) in [5.41, 5.74) is 0.447. The number of hydrogen-bond donors (Lipinski definition) is 2. The Balaban J connectivity index is 2.73. The molecule has 0 radical (unpaired) electrons. The molecule has 1 rings (SSSR count). The molecule has 1 aromatic carbocycles. The molecule has 0 fully saturated rings. The van der Waals surface area contributed by atoms with Crippen molar-refractivity contribution < 1.29 is 9.18 Å². The third kappa shape index (κ3) is 3.28. The smallest absolute Gasteiger partial charge is 0.241 e. The lowest BCUT2D eigenvalue weighted by molar-refractivity contribution is -0.117. The molecular weight excluding hydrogens is 263 g/mol. The van der Waals surface area contributed by atoms with Gasteiger partial charge in [-0.3, -0.25) is 4.79 Å². The molecule has 82 valence electrons. The summed E-state index contributed by atoms with van der Waals surface area (Å²) >= 11 is 3.04. The average molecular weight is 275 g/mol. The van der Waals surface area contributed by atoms with Gasteiger partial charge in [0.1, 0.15) is 5.82 Å². The van der Waals surface area contributed by atoms with Crippen molar-refractivity contribution in [2.24, 2.45) is 0 Å². The number of benzene rings is 1. The van der Waals surface area contributed by atoms with E-state index in [-0.39, 0.29) is 11.9 Å². The molecule has 1 unspecified atom stereocenters. The molecule has 0 aliphatic rings. The molecule has 0 bridgehead atoms. The first-order valence-corrected chi connectivity index (χ1v) is 5.27. The highest BCUT2D eigenvalue weighted by molar-refractivity contribution is 9.10. The Kier molecular flexibility index (Phi) is 4.23. The number of carbonyl (C=O) groups excluding carboxylic acids is 1. The molecule has 5 heteroatoms. The Labute approximate surface area is 96.2 Å². The summed E-state index contributed by atoms with van der Waals surface area (Å²) in [6.07, 6.45) is 0. The van der Waals surface area contributed by atoms with E-state index in [0.29, 0.717) is 10.2 Å². The predicted molar refractivity (Wildman–Crippen MR) is 61.3 cm³/mol. The van der Waals surface area contributed by atoms with E-state index in [4.69, 9.17) is 0 Å². The molecule has 1 atom stereocenters. The molecule has 0 heterocycles. The summed E-state index contributed by atoms with van der Waals surface area (Å²) in [4.78, 5) is 11.4. The highest BCUT2D eigenvalue weighted by atomic mass is 79.9. The topological polar surface area (TPSA) is 41.1 Å². The van der Waals surface area contributed by atoms with Crippen molar-refractivity contribution in [2.75, 3.05) is 12.4 Å². The molecule has 1 amide bonds. The Morgan fingerprint density at radius 3 is 2.73 bits per heavy atom. The monoisotopic (exact) mass is 274 g/mol. The van der Waals surface area contributed by atoms with Crippen molar-refractivity contribution >= 4 is 27.5 Å². The van der Waals surface area contributed by atoms with Gasteiger partial charge in [-0.2, -0.15) is 0 Å². The molecule has 0 aliphatic carbocycles. The van der Waals surface area contributed by atoms with Crippen LogP contribution in [0.15, 0.2) is 22.7 Å². The van der Waals surface area contributed by atoms with E-state index in [1.165, 1.54) is 6.07 Å². The number of carbonyl (C=O) groups is 1. The van der Waals surface area contributed by atoms with Crippen LogP contribution in [0.5, 0.6) is 0 Å². The fraction of sp³-hybridized carbons (Fsp3) is 0.300. The van der Waals surface area contributed by atoms with E-state index < -0.39 is 5.82 Å². The molecule has 0 aromatic heterocycles. The van der Waals surface area contributed by atoms with Gasteiger partial charge in [0.2, 0.25) is 5.91 Å². The molecule has 0 saturated heterocycles. The first-order chi connectivity index (χ1) is 7.04. The molecule has 1 aromatic rings. The number of halogens is 2. The maximum atomic E-state index is 13.1. The maximum Gasteiger partial charge on any atom is 0.241 e. The maximum absolute atomic E-state index is 13.1. The summed E-state index contributed by atoms with van der Waals surface area (Å²) < 4.78 is 13.5. The fourth-order valence-corrected chi connectivity index (χ4v) is 1.20. The Morgan fingerprint density at radius 1 is 1.53 bits per heavy atom. The molecule has 3 nitrogen and oxygen atoms in total. The Morgan fingerprint density at radius 2 is 2.20 bits per heavy atom. The zero-order chi connectivity index (χ0) is 11.4. The third-order valence-electron chi connectivity index (χ3n) is 2.01. The summed E-state index contributed by atoms with van der Waals surface area (Å²) in [5, 5.41) is 5.39. The van der Waals surface area contributed by atoms with Crippen LogP contribution in [0, 0.1) is 5.82 Å². The van der Waals surface area contributed by atoms with E-state index in [1.807, 2.05) is 0 Å². The molecule has 15 heavy (non-hydrogen) atoms. The lowest BCUT2D eigenvalue weighted by Crippen LogP contribution is -2.35. The minimum absolute atomic E-state index is 0.195. The first-order valence-electron chi connectivity index (χ1n) is 4.47. The van der Waals surface area contributed by atoms with Crippen molar-refractivity contribution in [3.05, 3.63) is 28.5 Å². The second kappa shape index (κ2) is 5.23. The van der Waals surface area contributed by atoms with Crippen molar-refractivity contribution in [3.8, 4) is 0 Å². The molecule has 0 saturated carbocycles. The largest absolute Gasteiger partial charge is 0.325 e. The Hall–Kier alpha value is -0.940. The second-order valence-corrected chi connectivity index (χ2v) is 3.98. The van der Waals surface area contributed by atoms with E-state index in [9.17, 15) is 9.18 Å². The van der Waals surface area contributed by atoms with Crippen molar-refractivity contribution in [2.45, 2.75) is 13.0 Å². The Bertz CT molecular complexity index is 370. The van der Waals surface area contributed by atoms with Crippen LogP contribution in [0.3, 0.4) is 0 Å². The highest BCUT2D eigenvalue weighted by Gasteiger charge is 2.10. The van der Waals surface area contributed by atoms with E-state index >= 15 is 0 Å². The van der Waals surface area contributed by atoms with Crippen molar-refractivity contribution in [1.29, 1.82) is 0 Å². The van der Waals surface area contributed by atoms with Gasteiger partial charge in [0, 0.05) is 5.69 Å². The first kappa shape index (κ1) is 12.1. The summed E-state index contributed by atoms with van der Waals surface area (Å²) in [6.45, 7) is 1.73. The van der Waals surface area contributed by atoms with Gasteiger partial charge in [-0.15, -0.1) is 0 Å². The number of hydrogen-bond acceptors (Lipinski definition) is 2. The second-order valence-electron chi connectivity index (χ2n) is 3.13.